The number of hydrogen-bond donors (Lipinski definition) is 0. The number of aromatic nitrogens is 2. The van der Waals surface area contributed by atoms with Crippen molar-refractivity contribution < 1.29 is 14.5 Å². The van der Waals surface area contributed by atoms with Crippen LogP contribution in [0, 0.1) is 5.92 Å². The fourth-order valence-electron chi connectivity index (χ4n) is 2.67. The molecule has 0 saturated heterocycles. The van der Waals surface area contributed by atoms with Crippen LogP contribution in [0.1, 0.15) is 65.1 Å². The number of rotatable bonds is 11. The molecule has 1 aromatic heterocycles. The van der Waals surface area contributed by atoms with Gasteiger partial charge in [-0.2, -0.15) is 0 Å². The molecule has 1 rings (SSSR count). The van der Waals surface area contributed by atoms with E-state index in [1.165, 1.54) is 44.3 Å². The van der Waals surface area contributed by atoms with Gasteiger partial charge >= 0.3 is 0 Å². The number of carboxylic acid groups (broad SMARTS) is 1. The minimum Gasteiger partial charge on any atom is -0.550 e. The number of aliphatic carboxylic acids is 1. The van der Waals surface area contributed by atoms with Gasteiger partial charge in [0.25, 0.3) is 5.82 Å². The number of imidazole rings is 1. The maximum absolute atomic E-state index is 10.9. The lowest BCUT2D eigenvalue weighted by molar-refractivity contribution is -0.708. The number of carboxylic acids is 1. The number of unbranched alkanes of at least 4 members (excludes halogenated alkanes) is 5. The summed E-state index contributed by atoms with van der Waals surface area (Å²) in [6, 6.07) is 0. The van der Waals surface area contributed by atoms with Gasteiger partial charge in [-0.15, -0.1) is 0 Å². The third kappa shape index (κ3) is 5.90. The number of carbonyl (C=O) groups excluding carboxylic acids is 1. The summed E-state index contributed by atoms with van der Waals surface area (Å²) in [5.41, 5.74) is 0. The molecule has 0 amide bonds. The van der Waals surface area contributed by atoms with E-state index < -0.39 is 11.9 Å². The second kappa shape index (κ2) is 9.59. The Labute approximate surface area is 128 Å². The van der Waals surface area contributed by atoms with Gasteiger partial charge in [0.2, 0.25) is 0 Å². The summed E-state index contributed by atoms with van der Waals surface area (Å²) in [6.45, 7) is 7.49. The van der Waals surface area contributed by atoms with Gasteiger partial charge in [0.15, 0.2) is 0 Å². The maximum Gasteiger partial charge on any atom is 0.256 e. The van der Waals surface area contributed by atoms with Crippen molar-refractivity contribution in [3.05, 3.63) is 18.2 Å². The van der Waals surface area contributed by atoms with E-state index in [-0.39, 0.29) is 0 Å². The summed E-state index contributed by atoms with van der Waals surface area (Å²) in [7, 11) is 0. The third-order valence-corrected chi connectivity index (χ3v) is 4.06. The zero-order valence-corrected chi connectivity index (χ0v) is 13.8. The van der Waals surface area contributed by atoms with Gasteiger partial charge in [-0.3, -0.25) is 0 Å². The highest BCUT2D eigenvalue weighted by Crippen LogP contribution is 2.09. The highest BCUT2D eigenvalue weighted by molar-refractivity contribution is 5.66. The molecule has 4 nitrogen and oxygen atoms in total. The largest absolute Gasteiger partial charge is 0.550 e. The van der Waals surface area contributed by atoms with Crippen molar-refractivity contribution in [2.45, 2.75) is 78.8 Å². The molecule has 120 valence electrons. The monoisotopic (exact) mass is 294 g/mol. The summed E-state index contributed by atoms with van der Waals surface area (Å²) in [6.07, 6.45) is 12.7. The summed E-state index contributed by atoms with van der Waals surface area (Å²) in [5, 5.41) is 10.9. The van der Waals surface area contributed by atoms with Crippen LogP contribution < -0.4 is 9.67 Å². The Morgan fingerprint density at radius 2 is 1.90 bits per heavy atom. The molecule has 1 heterocycles. The summed E-state index contributed by atoms with van der Waals surface area (Å²) in [4.78, 5) is 10.9. The second-order valence-electron chi connectivity index (χ2n) is 5.89. The molecule has 0 fully saturated rings. The molecule has 0 bridgehead atoms. The van der Waals surface area contributed by atoms with E-state index in [9.17, 15) is 9.90 Å². The van der Waals surface area contributed by atoms with Gasteiger partial charge in [0.1, 0.15) is 12.4 Å². The summed E-state index contributed by atoms with van der Waals surface area (Å²) in [5.74, 6) is -0.190. The van der Waals surface area contributed by atoms with Crippen LogP contribution in [0.3, 0.4) is 0 Å². The Morgan fingerprint density at radius 1 is 1.24 bits per heavy atom. The predicted octanol–water partition coefficient (Wildman–Crippen LogP) is 2.08. The topological polar surface area (TPSA) is 48.9 Å². The SMILES string of the molecule is CCCCCCCCc1n(CC)cc[n+]1CC(C)C(=O)[O-]. The molecule has 0 aromatic carbocycles. The smallest absolute Gasteiger partial charge is 0.256 e. The van der Waals surface area contributed by atoms with Gasteiger partial charge in [0.05, 0.1) is 13.1 Å². The lowest BCUT2D eigenvalue weighted by atomic mass is 10.1. The van der Waals surface area contributed by atoms with Crippen molar-refractivity contribution in [2.75, 3.05) is 0 Å². The van der Waals surface area contributed by atoms with E-state index >= 15 is 0 Å². The van der Waals surface area contributed by atoms with E-state index in [1.54, 1.807) is 6.92 Å². The predicted molar refractivity (Wildman–Crippen MR) is 81.6 cm³/mol. The number of nitrogens with zero attached hydrogens (tertiary/aromatic N) is 2. The average molecular weight is 294 g/mol. The molecule has 4 heteroatoms. The first kappa shape index (κ1) is 17.7. The Balaban J connectivity index is 2.54. The van der Waals surface area contributed by atoms with Crippen molar-refractivity contribution >= 4 is 5.97 Å². The molecule has 21 heavy (non-hydrogen) atoms. The zero-order valence-electron chi connectivity index (χ0n) is 13.8. The Morgan fingerprint density at radius 3 is 2.52 bits per heavy atom. The van der Waals surface area contributed by atoms with Gasteiger partial charge in [-0.05, 0) is 13.3 Å². The van der Waals surface area contributed by atoms with E-state index in [1.807, 2.05) is 6.20 Å². The molecule has 0 aliphatic rings. The zero-order chi connectivity index (χ0) is 15.7. The molecular weight excluding hydrogens is 264 g/mol. The van der Waals surface area contributed by atoms with Crippen molar-refractivity contribution in [2.24, 2.45) is 5.92 Å². The molecule has 0 aliphatic heterocycles. The van der Waals surface area contributed by atoms with E-state index in [2.05, 4.69) is 29.2 Å². The average Bonchev–Trinajstić information content (AvgIpc) is 2.84. The molecular formula is C17H30N2O2. The molecule has 1 aromatic rings. The fourth-order valence-corrected chi connectivity index (χ4v) is 2.67. The third-order valence-electron chi connectivity index (χ3n) is 4.06. The Hall–Kier alpha value is -1.32. The molecule has 0 spiro atoms. The minimum atomic E-state index is -0.975. The minimum absolute atomic E-state index is 0.453. The lowest BCUT2D eigenvalue weighted by Gasteiger charge is -2.11. The number of hydrogen-bond acceptors (Lipinski definition) is 2. The van der Waals surface area contributed by atoms with Crippen molar-refractivity contribution in [3.8, 4) is 0 Å². The van der Waals surface area contributed by atoms with Crippen LogP contribution in [0.4, 0.5) is 0 Å². The number of aryl methyl sites for hydroxylation is 1. The van der Waals surface area contributed by atoms with Crippen LogP contribution in [-0.4, -0.2) is 10.5 Å². The highest BCUT2D eigenvalue weighted by atomic mass is 16.4. The van der Waals surface area contributed by atoms with E-state index in [0.29, 0.717) is 6.54 Å². The molecule has 1 unspecified atom stereocenters. The van der Waals surface area contributed by atoms with Crippen molar-refractivity contribution in [3.63, 3.8) is 0 Å². The summed E-state index contributed by atoms with van der Waals surface area (Å²) < 4.78 is 4.30. The van der Waals surface area contributed by atoms with Crippen molar-refractivity contribution in [1.29, 1.82) is 0 Å². The van der Waals surface area contributed by atoms with Gasteiger partial charge < -0.3 is 9.90 Å². The first-order chi connectivity index (χ1) is 10.1. The van der Waals surface area contributed by atoms with Crippen molar-refractivity contribution in [1.82, 2.24) is 4.57 Å². The summed E-state index contributed by atoms with van der Waals surface area (Å²) >= 11 is 0. The molecule has 0 saturated carbocycles. The normalized spacial score (nSPS) is 12.5. The highest BCUT2D eigenvalue weighted by Gasteiger charge is 2.18. The molecule has 0 radical (unpaired) electrons. The Bertz CT molecular complexity index is 426. The molecule has 1 atom stereocenters. The van der Waals surface area contributed by atoms with E-state index in [4.69, 9.17) is 0 Å². The lowest BCUT2D eigenvalue weighted by Crippen LogP contribution is -2.45. The quantitative estimate of drug-likeness (QED) is 0.463. The standard InChI is InChI=1S/C17H30N2O2/c1-4-6-7-8-9-10-11-16-18(5-2)12-13-19(16)14-15(3)17(20)21/h12-13,15H,4-11,14H2,1-3H3. The Kier molecular flexibility index (Phi) is 8.09. The fraction of sp³-hybridized carbons (Fsp3) is 0.765. The van der Waals surface area contributed by atoms with Gasteiger partial charge in [0, 0.05) is 18.3 Å². The van der Waals surface area contributed by atoms with E-state index in [0.717, 1.165) is 13.0 Å². The van der Waals surface area contributed by atoms with Crippen LogP contribution in [0.2, 0.25) is 0 Å². The number of carbonyl (C=O) groups is 1. The van der Waals surface area contributed by atoms with Crippen LogP contribution in [0.15, 0.2) is 12.4 Å². The first-order valence-corrected chi connectivity index (χ1v) is 8.38. The molecule has 0 N–H and O–H groups in total. The maximum atomic E-state index is 10.9. The van der Waals surface area contributed by atoms with Crippen LogP contribution in [-0.2, 0) is 24.3 Å². The van der Waals surface area contributed by atoms with Crippen LogP contribution >= 0.6 is 0 Å². The van der Waals surface area contributed by atoms with Gasteiger partial charge in [-0.25, -0.2) is 9.13 Å². The second-order valence-corrected chi connectivity index (χ2v) is 5.89. The molecule has 0 aliphatic carbocycles. The van der Waals surface area contributed by atoms with Crippen LogP contribution in [0.25, 0.3) is 0 Å². The van der Waals surface area contributed by atoms with Gasteiger partial charge in [-0.1, -0.05) is 46.0 Å². The first-order valence-electron chi connectivity index (χ1n) is 8.38. The van der Waals surface area contributed by atoms with Crippen LogP contribution in [0.5, 0.6) is 0 Å².